The van der Waals surface area contributed by atoms with Gasteiger partial charge < -0.3 is 15.2 Å². The first-order chi connectivity index (χ1) is 10.2. The van der Waals surface area contributed by atoms with Crippen LogP contribution < -0.4 is 15.2 Å². The van der Waals surface area contributed by atoms with Crippen molar-refractivity contribution in [3.05, 3.63) is 24.3 Å². The molecule has 0 radical (unpaired) electrons. The van der Waals surface area contributed by atoms with Crippen molar-refractivity contribution in [2.45, 2.75) is 32.7 Å². The van der Waals surface area contributed by atoms with Crippen molar-refractivity contribution in [1.29, 1.82) is 0 Å². The third-order valence-electron chi connectivity index (χ3n) is 4.23. The van der Waals surface area contributed by atoms with Gasteiger partial charge in [0.1, 0.15) is 6.61 Å². The van der Waals surface area contributed by atoms with Crippen LogP contribution in [0.4, 0.5) is 0 Å². The molecular weight excluding hydrogens is 264 g/mol. The lowest BCUT2D eigenvalue weighted by molar-refractivity contribution is 0.101. The summed E-state index contributed by atoms with van der Waals surface area (Å²) in [5.74, 6) is 2.29. The first-order valence-electron chi connectivity index (χ1n) is 8.03. The molecule has 1 heterocycles. The minimum Gasteiger partial charge on any atom is -0.490 e. The maximum atomic E-state index is 5.91. The van der Waals surface area contributed by atoms with Crippen molar-refractivity contribution in [3.63, 3.8) is 0 Å². The number of nitrogens with zero attached hydrogens (tertiary/aromatic N) is 1. The molecule has 21 heavy (non-hydrogen) atoms. The number of ether oxygens (including phenoxy) is 2. The predicted octanol–water partition coefficient (Wildman–Crippen LogP) is 2.52. The molecule has 0 aliphatic carbocycles. The summed E-state index contributed by atoms with van der Waals surface area (Å²) >= 11 is 0. The Morgan fingerprint density at radius 2 is 1.90 bits per heavy atom. The normalized spacial score (nSPS) is 23.0. The molecule has 4 heteroatoms. The molecule has 1 aromatic rings. The number of piperidine rings is 1. The molecule has 4 nitrogen and oxygen atoms in total. The van der Waals surface area contributed by atoms with Crippen LogP contribution >= 0.6 is 0 Å². The zero-order chi connectivity index (χ0) is 15.1. The van der Waals surface area contributed by atoms with Crippen LogP contribution in [-0.4, -0.2) is 43.8 Å². The second kappa shape index (κ2) is 8.25. The lowest BCUT2D eigenvalue weighted by atomic mass is 9.94. The van der Waals surface area contributed by atoms with Crippen LogP contribution in [0.25, 0.3) is 0 Å². The van der Waals surface area contributed by atoms with E-state index in [1.54, 1.807) is 0 Å². The van der Waals surface area contributed by atoms with Gasteiger partial charge in [0.25, 0.3) is 0 Å². The Labute approximate surface area is 128 Å². The molecule has 1 fully saturated rings. The molecule has 2 unspecified atom stereocenters. The average Bonchev–Trinajstić information content (AvgIpc) is 2.51. The van der Waals surface area contributed by atoms with Gasteiger partial charge in [-0.3, -0.25) is 4.90 Å². The van der Waals surface area contributed by atoms with Crippen LogP contribution in [0.2, 0.25) is 0 Å². The highest BCUT2D eigenvalue weighted by Gasteiger charge is 2.24. The molecule has 0 bridgehead atoms. The minimum atomic E-state index is 0.624. The van der Waals surface area contributed by atoms with Crippen molar-refractivity contribution in [3.8, 4) is 11.5 Å². The molecule has 0 spiro atoms. The van der Waals surface area contributed by atoms with Crippen molar-refractivity contribution in [1.82, 2.24) is 4.90 Å². The Bertz CT molecular complexity index is 425. The zero-order valence-electron chi connectivity index (χ0n) is 13.3. The summed E-state index contributed by atoms with van der Waals surface area (Å²) in [5, 5.41) is 0. The van der Waals surface area contributed by atoms with Gasteiger partial charge in [0.15, 0.2) is 11.5 Å². The van der Waals surface area contributed by atoms with Gasteiger partial charge in [0.05, 0.1) is 6.61 Å². The van der Waals surface area contributed by atoms with Gasteiger partial charge in [-0.05, 0) is 51.3 Å². The Morgan fingerprint density at radius 1 is 1.19 bits per heavy atom. The van der Waals surface area contributed by atoms with Gasteiger partial charge in [-0.15, -0.1) is 0 Å². The lowest BCUT2D eigenvalue weighted by Crippen LogP contribution is -2.45. The second-order valence-electron chi connectivity index (χ2n) is 5.75. The van der Waals surface area contributed by atoms with Crippen LogP contribution in [-0.2, 0) is 0 Å². The summed E-state index contributed by atoms with van der Waals surface area (Å²) in [6.45, 7) is 8.44. The molecule has 2 rings (SSSR count). The fraction of sp³-hybridized carbons (Fsp3) is 0.647. The summed E-state index contributed by atoms with van der Waals surface area (Å²) in [4.78, 5) is 2.49. The molecule has 1 saturated heterocycles. The molecular formula is C17H28N2O2. The monoisotopic (exact) mass is 292 g/mol. The maximum absolute atomic E-state index is 5.91. The second-order valence-corrected chi connectivity index (χ2v) is 5.75. The Balaban J connectivity index is 1.83. The molecule has 0 aromatic heterocycles. The number of para-hydroxylation sites is 2. The van der Waals surface area contributed by atoms with Gasteiger partial charge >= 0.3 is 0 Å². The Kier molecular flexibility index (Phi) is 6.33. The van der Waals surface area contributed by atoms with E-state index in [9.17, 15) is 0 Å². The first kappa shape index (κ1) is 16.1. The summed E-state index contributed by atoms with van der Waals surface area (Å²) in [6.07, 6.45) is 2.49. The van der Waals surface area contributed by atoms with E-state index in [2.05, 4.69) is 11.8 Å². The zero-order valence-corrected chi connectivity index (χ0v) is 13.3. The third kappa shape index (κ3) is 4.61. The molecule has 0 saturated carbocycles. The first-order valence-corrected chi connectivity index (χ1v) is 8.03. The number of hydrogen-bond acceptors (Lipinski definition) is 4. The van der Waals surface area contributed by atoms with Crippen molar-refractivity contribution >= 4 is 0 Å². The average molecular weight is 292 g/mol. The van der Waals surface area contributed by atoms with E-state index in [0.717, 1.165) is 31.1 Å². The minimum absolute atomic E-state index is 0.624. The largest absolute Gasteiger partial charge is 0.490 e. The number of hydrogen-bond donors (Lipinski definition) is 1. The smallest absolute Gasteiger partial charge is 0.161 e. The summed E-state index contributed by atoms with van der Waals surface area (Å²) < 4.78 is 11.5. The van der Waals surface area contributed by atoms with Crippen LogP contribution in [0.1, 0.15) is 26.7 Å². The van der Waals surface area contributed by atoms with Crippen LogP contribution in [0.5, 0.6) is 11.5 Å². The van der Waals surface area contributed by atoms with Crippen LogP contribution in [0, 0.1) is 5.92 Å². The van der Waals surface area contributed by atoms with E-state index >= 15 is 0 Å². The molecule has 0 amide bonds. The quantitative estimate of drug-likeness (QED) is 0.839. The van der Waals surface area contributed by atoms with Crippen LogP contribution in [0.15, 0.2) is 24.3 Å². The number of nitrogens with two attached hydrogens (primary N) is 1. The number of likely N-dealkylation sites (tertiary alicyclic amines) is 1. The SMILES string of the molecule is CCOc1ccccc1OCCN1CC(CN)CCC1C. The highest BCUT2D eigenvalue weighted by molar-refractivity contribution is 5.39. The molecule has 2 atom stereocenters. The third-order valence-corrected chi connectivity index (χ3v) is 4.23. The lowest BCUT2D eigenvalue weighted by Gasteiger charge is -2.37. The number of rotatable bonds is 7. The Hall–Kier alpha value is -1.26. The summed E-state index contributed by atoms with van der Waals surface area (Å²) in [5.41, 5.74) is 5.81. The fourth-order valence-corrected chi connectivity index (χ4v) is 2.88. The van der Waals surface area contributed by atoms with Crippen molar-refractivity contribution < 1.29 is 9.47 Å². The predicted molar refractivity (Wildman–Crippen MR) is 85.9 cm³/mol. The molecule has 1 aromatic carbocycles. The van der Waals surface area contributed by atoms with Crippen LogP contribution in [0.3, 0.4) is 0 Å². The van der Waals surface area contributed by atoms with Gasteiger partial charge in [-0.25, -0.2) is 0 Å². The fourth-order valence-electron chi connectivity index (χ4n) is 2.88. The van der Waals surface area contributed by atoms with Gasteiger partial charge in [-0.2, -0.15) is 0 Å². The molecule has 118 valence electrons. The standard InChI is InChI=1S/C17H28N2O2/c1-3-20-16-6-4-5-7-17(16)21-11-10-19-13-15(12-18)9-8-14(19)2/h4-7,14-15H,3,8-13,18H2,1-2H3. The van der Waals surface area contributed by atoms with E-state index < -0.39 is 0 Å². The number of benzene rings is 1. The van der Waals surface area contributed by atoms with E-state index in [1.165, 1.54) is 12.8 Å². The summed E-state index contributed by atoms with van der Waals surface area (Å²) in [6, 6.07) is 8.49. The topological polar surface area (TPSA) is 47.7 Å². The Morgan fingerprint density at radius 3 is 2.57 bits per heavy atom. The van der Waals surface area contributed by atoms with E-state index in [0.29, 0.717) is 25.2 Å². The van der Waals surface area contributed by atoms with E-state index in [1.807, 2.05) is 31.2 Å². The highest BCUT2D eigenvalue weighted by atomic mass is 16.5. The van der Waals surface area contributed by atoms with E-state index in [4.69, 9.17) is 15.2 Å². The summed E-state index contributed by atoms with van der Waals surface area (Å²) in [7, 11) is 0. The van der Waals surface area contributed by atoms with Gasteiger partial charge in [-0.1, -0.05) is 12.1 Å². The molecule has 2 N–H and O–H groups in total. The van der Waals surface area contributed by atoms with Gasteiger partial charge in [0, 0.05) is 19.1 Å². The van der Waals surface area contributed by atoms with Crippen molar-refractivity contribution in [2.24, 2.45) is 11.7 Å². The molecule has 1 aliphatic rings. The van der Waals surface area contributed by atoms with E-state index in [-0.39, 0.29) is 0 Å². The van der Waals surface area contributed by atoms with Gasteiger partial charge in [0.2, 0.25) is 0 Å². The van der Waals surface area contributed by atoms with Crippen molar-refractivity contribution in [2.75, 3.05) is 32.8 Å². The maximum Gasteiger partial charge on any atom is 0.161 e. The highest BCUT2D eigenvalue weighted by Crippen LogP contribution is 2.26. The molecule has 1 aliphatic heterocycles.